The summed E-state index contributed by atoms with van der Waals surface area (Å²) in [6.45, 7) is 2.60. The second-order valence-electron chi connectivity index (χ2n) is 3.62. The van der Waals surface area contributed by atoms with Crippen LogP contribution < -0.4 is 4.74 Å². The van der Waals surface area contributed by atoms with E-state index in [1.165, 1.54) is 4.31 Å². The van der Waals surface area contributed by atoms with E-state index in [9.17, 15) is 8.42 Å². The van der Waals surface area contributed by atoms with Crippen molar-refractivity contribution < 1.29 is 13.2 Å². The lowest BCUT2D eigenvalue weighted by Crippen LogP contribution is -2.27. The molecule has 0 unspecified atom stereocenters. The maximum absolute atomic E-state index is 11.3. The Balaban J connectivity index is 2.79. The Morgan fingerprint density at radius 2 is 1.88 bits per heavy atom. The Kier molecular flexibility index (Phi) is 5.24. The van der Waals surface area contributed by atoms with Gasteiger partial charge in [-0.2, -0.15) is 12.7 Å². The minimum atomic E-state index is -3.67. The van der Waals surface area contributed by atoms with E-state index in [0.29, 0.717) is 6.54 Å². The van der Waals surface area contributed by atoms with Crippen LogP contribution >= 0.6 is 10.7 Å². The molecule has 0 aliphatic rings. The second kappa shape index (κ2) is 6.23. The Morgan fingerprint density at radius 1 is 1.29 bits per heavy atom. The van der Waals surface area contributed by atoms with Crippen LogP contribution in [0.25, 0.3) is 0 Å². The summed E-state index contributed by atoms with van der Waals surface area (Å²) >= 11 is 0. The largest absolute Gasteiger partial charge is 0.497 e. The number of methoxy groups -OCH3 is 1. The molecule has 0 fully saturated rings. The van der Waals surface area contributed by atoms with E-state index >= 15 is 0 Å². The third-order valence-electron chi connectivity index (χ3n) is 2.30. The maximum atomic E-state index is 11.3. The molecule has 1 aromatic carbocycles. The minimum Gasteiger partial charge on any atom is -0.497 e. The van der Waals surface area contributed by atoms with Crippen molar-refractivity contribution in [3.63, 3.8) is 0 Å². The molecule has 0 saturated carbocycles. The molecule has 1 rings (SSSR count). The number of hydrogen-bond donors (Lipinski definition) is 0. The summed E-state index contributed by atoms with van der Waals surface area (Å²) in [4.78, 5) is 0. The van der Waals surface area contributed by atoms with Crippen molar-refractivity contribution in [3.8, 4) is 5.75 Å². The van der Waals surface area contributed by atoms with Crippen molar-refractivity contribution in [2.75, 3.05) is 13.7 Å². The summed E-state index contributed by atoms with van der Waals surface area (Å²) < 4.78 is 28.9. The summed E-state index contributed by atoms with van der Waals surface area (Å²) in [5.74, 6) is 0.740. The van der Waals surface area contributed by atoms with Crippen molar-refractivity contribution in [1.29, 1.82) is 0 Å². The highest BCUT2D eigenvalue weighted by atomic mass is 35.7. The summed E-state index contributed by atoms with van der Waals surface area (Å²) in [7, 11) is 3.28. The normalized spacial score (nSPS) is 11.8. The van der Waals surface area contributed by atoms with Gasteiger partial charge in [-0.05, 0) is 24.1 Å². The summed E-state index contributed by atoms with van der Waals surface area (Å²) in [6.07, 6.45) is 0.724. The number of nitrogens with zero attached hydrogens (tertiary/aromatic N) is 1. The van der Waals surface area contributed by atoms with Gasteiger partial charge >= 0.3 is 0 Å². The van der Waals surface area contributed by atoms with Crippen molar-refractivity contribution in [3.05, 3.63) is 29.8 Å². The van der Waals surface area contributed by atoms with Crippen LogP contribution in [-0.4, -0.2) is 26.4 Å². The van der Waals surface area contributed by atoms with Crippen LogP contribution in [0, 0.1) is 0 Å². The van der Waals surface area contributed by atoms with Crippen molar-refractivity contribution >= 4 is 19.9 Å². The van der Waals surface area contributed by atoms with Crippen LogP contribution in [0.2, 0.25) is 0 Å². The highest BCUT2D eigenvalue weighted by Gasteiger charge is 2.18. The molecule has 6 heteroatoms. The first-order chi connectivity index (χ1) is 7.97. The molecule has 96 valence electrons. The summed E-state index contributed by atoms with van der Waals surface area (Å²) in [6, 6.07) is 7.23. The molecule has 17 heavy (non-hydrogen) atoms. The topological polar surface area (TPSA) is 46.6 Å². The fourth-order valence-corrected chi connectivity index (χ4v) is 2.51. The third kappa shape index (κ3) is 4.53. The highest BCUT2D eigenvalue weighted by molar-refractivity contribution is 8.11. The molecule has 0 spiro atoms. The van der Waals surface area contributed by atoms with Gasteiger partial charge in [0.25, 0.3) is 9.24 Å². The van der Waals surface area contributed by atoms with Crippen molar-refractivity contribution in [2.45, 2.75) is 19.9 Å². The third-order valence-corrected chi connectivity index (χ3v) is 3.81. The van der Waals surface area contributed by atoms with Gasteiger partial charge in [-0.1, -0.05) is 19.1 Å². The number of rotatable bonds is 6. The lowest BCUT2D eigenvalue weighted by atomic mass is 10.2. The molecule has 0 amide bonds. The predicted octanol–water partition coefficient (Wildman–Crippen LogP) is 2.39. The molecule has 0 bridgehead atoms. The van der Waals surface area contributed by atoms with Crippen molar-refractivity contribution in [2.24, 2.45) is 0 Å². The van der Waals surface area contributed by atoms with E-state index in [1.54, 1.807) is 19.2 Å². The van der Waals surface area contributed by atoms with E-state index < -0.39 is 9.24 Å². The summed E-state index contributed by atoms with van der Waals surface area (Å²) in [5, 5.41) is 0. The van der Waals surface area contributed by atoms with Gasteiger partial charge in [-0.3, -0.25) is 0 Å². The van der Waals surface area contributed by atoms with E-state index in [0.717, 1.165) is 17.7 Å². The van der Waals surface area contributed by atoms with Gasteiger partial charge in [0.2, 0.25) is 0 Å². The fraction of sp³-hybridized carbons (Fsp3) is 0.455. The quantitative estimate of drug-likeness (QED) is 0.750. The van der Waals surface area contributed by atoms with Crippen LogP contribution in [0.5, 0.6) is 5.75 Å². The molecule has 0 aliphatic carbocycles. The number of hydrogen-bond acceptors (Lipinski definition) is 3. The van der Waals surface area contributed by atoms with Gasteiger partial charge in [0.05, 0.1) is 7.11 Å². The SMILES string of the molecule is CCCN(Cc1ccc(OC)cc1)S(=O)(=O)Cl. The standard InChI is InChI=1S/C11H16ClNO3S/c1-3-8-13(17(12,14)15)9-10-4-6-11(16-2)7-5-10/h4-7H,3,8-9H2,1-2H3. The molecule has 1 aromatic rings. The molecule has 0 heterocycles. The molecular weight excluding hydrogens is 262 g/mol. The van der Waals surface area contributed by atoms with Gasteiger partial charge in [0, 0.05) is 23.8 Å². The number of benzene rings is 1. The molecular formula is C11H16ClNO3S. The number of ether oxygens (including phenoxy) is 1. The molecule has 0 atom stereocenters. The maximum Gasteiger partial charge on any atom is 0.300 e. The van der Waals surface area contributed by atoms with Crippen LogP contribution in [-0.2, 0) is 15.8 Å². The Bertz CT molecular complexity index is 444. The smallest absolute Gasteiger partial charge is 0.300 e. The van der Waals surface area contributed by atoms with Crippen LogP contribution in [0.3, 0.4) is 0 Å². The number of halogens is 1. The van der Waals surface area contributed by atoms with Gasteiger partial charge in [0.1, 0.15) is 5.75 Å². The molecule has 0 radical (unpaired) electrons. The Morgan fingerprint density at radius 3 is 2.29 bits per heavy atom. The molecule has 0 aliphatic heterocycles. The first-order valence-electron chi connectivity index (χ1n) is 5.30. The first-order valence-corrected chi connectivity index (χ1v) is 7.56. The molecule has 4 nitrogen and oxygen atoms in total. The monoisotopic (exact) mass is 277 g/mol. The zero-order chi connectivity index (χ0) is 12.9. The zero-order valence-electron chi connectivity index (χ0n) is 9.89. The van der Waals surface area contributed by atoms with Gasteiger partial charge in [-0.15, -0.1) is 0 Å². The van der Waals surface area contributed by atoms with Gasteiger partial charge < -0.3 is 4.74 Å². The lowest BCUT2D eigenvalue weighted by molar-refractivity contribution is 0.409. The van der Waals surface area contributed by atoms with Crippen LogP contribution in [0.15, 0.2) is 24.3 Å². The summed E-state index contributed by atoms with van der Waals surface area (Å²) in [5.41, 5.74) is 0.878. The second-order valence-corrected chi connectivity index (χ2v) is 6.13. The van der Waals surface area contributed by atoms with E-state index in [2.05, 4.69) is 0 Å². The Labute approximate surface area is 107 Å². The minimum absolute atomic E-state index is 0.281. The fourth-order valence-electron chi connectivity index (χ4n) is 1.45. The highest BCUT2D eigenvalue weighted by Crippen LogP contribution is 2.16. The van der Waals surface area contributed by atoms with Crippen LogP contribution in [0.4, 0.5) is 0 Å². The van der Waals surface area contributed by atoms with Gasteiger partial charge in [0.15, 0.2) is 0 Å². The molecule has 0 N–H and O–H groups in total. The van der Waals surface area contributed by atoms with E-state index in [1.807, 2.05) is 19.1 Å². The van der Waals surface area contributed by atoms with Crippen LogP contribution in [0.1, 0.15) is 18.9 Å². The van der Waals surface area contributed by atoms with Crippen molar-refractivity contribution in [1.82, 2.24) is 4.31 Å². The van der Waals surface area contributed by atoms with E-state index in [4.69, 9.17) is 15.4 Å². The zero-order valence-corrected chi connectivity index (χ0v) is 11.5. The molecule has 0 saturated heterocycles. The first kappa shape index (κ1) is 14.3. The Hall–Kier alpha value is -0.780. The molecule has 0 aromatic heterocycles. The lowest BCUT2D eigenvalue weighted by Gasteiger charge is -2.17. The van der Waals surface area contributed by atoms with E-state index in [-0.39, 0.29) is 6.54 Å². The predicted molar refractivity (Wildman–Crippen MR) is 68.5 cm³/mol. The average molecular weight is 278 g/mol. The van der Waals surface area contributed by atoms with Gasteiger partial charge in [-0.25, -0.2) is 0 Å². The average Bonchev–Trinajstić information content (AvgIpc) is 2.28.